The molecule has 5 N–H and O–H groups in total. The van der Waals surface area contributed by atoms with E-state index in [1.807, 2.05) is 0 Å². The first-order valence-corrected chi connectivity index (χ1v) is 8.79. The lowest BCUT2D eigenvalue weighted by molar-refractivity contribution is 0.00782. The van der Waals surface area contributed by atoms with E-state index in [-0.39, 0.29) is 53.6 Å². The number of aromatic nitrogens is 2. The van der Waals surface area contributed by atoms with Crippen LogP contribution in [0.15, 0.2) is 9.59 Å². The Bertz CT molecular complexity index is 1030. The van der Waals surface area contributed by atoms with Gasteiger partial charge in [-0.05, 0) is 19.3 Å². The summed E-state index contributed by atoms with van der Waals surface area (Å²) in [6, 6.07) is -0.114. The van der Waals surface area contributed by atoms with Crippen LogP contribution in [-0.2, 0) is 0 Å². The number of nitrogens with zero attached hydrogens (tertiary/aromatic N) is 2. The van der Waals surface area contributed by atoms with E-state index in [1.165, 1.54) is 16.6 Å². The molecule has 1 aromatic heterocycles. The number of ether oxygens (including phenoxy) is 1. The van der Waals surface area contributed by atoms with Crippen LogP contribution in [0.2, 0.25) is 0 Å². The Morgan fingerprint density at radius 1 is 1.22 bits per heavy atom. The smallest absolute Gasteiger partial charge is 0.329 e. The second kappa shape index (κ2) is 6.24. The number of aliphatic hydroxyl groups is 2. The van der Waals surface area contributed by atoms with Crippen LogP contribution in [0.1, 0.15) is 25.3 Å². The number of nitrogen functional groups attached to an aromatic ring is 1. The molecular weight excluding hydrogens is 359 g/mol. The van der Waals surface area contributed by atoms with Gasteiger partial charge in [0.15, 0.2) is 11.6 Å². The Kier molecular flexibility index (Phi) is 4.11. The fourth-order valence-corrected chi connectivity index (χ4v) is 3.75. The number of H-pyrrole nitrogens is 1. The Morgan fingerprint density at radius 2 is 1.93 bits per heavy atom. The molecule has 0 amide bonds. The molecule has 1 aliphatic carbocycles. The summed E-state index contributed by atoms with van der Waals surface area (Å²) in [6.45, 7) is 0.226. The minimum Gasteiger partial charge on any atom is -0.492 e. The number of hydrogen-bond acceptors (Lipinski definition) is 7. The maximum absolute atomic E-state index is 15.2. The summed E-state index contributed by atoms with van der Waals surface area (Å²) in [6.07, 6.45) is -0.228. The number of halogens is 1. The second-order valence-electron chi connectivity index (χ2n) is 7.06. The molecule has 9 nitrogen and oxygen atoms in total. The quantitative estimate of drug-likeness (QED) is 0.537. The number of benzene rings is 1. The molecule has 1 aliphatic heterocycles. The lowest BCUT2D eigenvalue weighted by atomic mass is 10.0. The highest BCUT2D eigenvalue weighted by molar-refractivity contribution is 5.99. The fourth-order valence-electron chi connectivity index (χ4n) is 3.75. The molecule has 0 bridgehead atoms. The first-order valence-electron chi connectivity index (χ1n) is 8.79. The van der Waals surface area contributed by atoms with Crippen molar-refractivity contribution in [1.29, 1.82) is 0 Å². The number of nitrogens with one attached hydrogen (secondary N) is 1. The fraction of sp³-hybridized carbons (Fsp3) is 0.529. The van der Waals surface area contributed by atoms with E-state index >= 15 is 4.39 Å². The lowest BCUT2D eigenvalue weighted by Crippen LogP contribution is -2.47. The van der Waals surface area contributed by atoms with Gasteiger partial charge in [-0.2, -0.15) is 0 Å². The van der Waals surface area contributed by atoms with Crippen molar-refractivity contribution in [2.45, 2.75) is 37.5 Å². The van der Waals surface area contributed by atoms with Crippen molar-refractivity contribution in [3.63, 3.8) is 0 Å². The van der Waals surface area contributed by atoms with Crippen LogP contribution >= 0.6 is 0 Å². The van der Waals surface area contributed by atoms with Crippen LogP contribution in [0.4, 0.5) is 15.8 Å². The van der Waals surface area contributed by atoms with Crippen LogP contribution in [0, 0.1) is 5.82 Å². The third-order valence-electron chi connectivity index (χ3n) is 5.27. The van der Waals surface area contributed by atoms with Crippen molar-refractivity contribution in [2.24, 2.45) is 0 Å². The molecule has 2 unspecified atom stereocenters. The SMILES string of the molecule is COc1c(N2CCC(O)C(O)C2)c(F)c(N)c2c(=O)[nH]c(=O)n(C3CC3)c12. The molecule has 1 saturated carbocycles. The van der Waals surface area contributed by atoms with E-state index in [1.54, 1.807) is 0 Å². The van der Waals surface area contributed by atoms with Crippen LogP contribution in [0.25, 0.3) is 10.9 Å². The molecule has 2 heterocycles. The van der Waals surface area contributed by atoms with Gasteiger partial charge in [-0.25, -0.2) is 9.18 Å². The van der Waals surface area contributed by atoms with Gasteiger partial charge in [0, 0.05) is 19.1 Å². The summed E-state index contributed by atoms with van der Waals surface area (Å²) >= 11 is 0. The molecule has 2 aliphatic rings. The molecule has 10 heteroatoms. The average molecular weight is 380 g/mol. The third kappa shape index (κ3) is 2.67. The molecule has 0 spiro atoms. The molecule has 27 heavy (non-hydrogen) atoms. The molecule has 2 atom stereocenters. The van der Waals surface area contributed by atoms with Crippen molar-refractivity contribution in [3.05, 3.63) is 26.7 Å². The van der Waals surface area contributed by atoms with E-state index in [9.17, 15) is 19.8 Å². The van der Waals surface area contributed by atoms with E-state index in [0.717, 1.165) is 12.8 Å². The summed E-state index contributed by atoms with van der Waals surface area (Å²) in [5, 5.41) is 19.6. The predicted octanol–water partition coefficient (Wildman–Crippen LogP) is -0.313. The zero-order valence-corrected chi connectivity index (χ0v) is 14.7. The monoisotopic (exact) mass is 380 g/mol. The minimum absolute atomic E-state index is 0.0205. The average Bonchev–Trinajstić information content (AvgIpc) is 3.44. The van der Waals surface area contributed by atoms with E-state index in [4.69, 9.17) is 10.5 Å². The number of β-amino-alcohol motifs (C(OH)–C–C–N with tert-alkyl or cyclic N) is 1. The lowest BCUT2D eigenvalue weighted by Gasteiger charge is -2.36. The summed E-state index contributed by atoms with van der Waals surface area (Å²) in [4.78, 5) is 28.5. The van der Waals surface area contributed by atoms with Gasteiger partial charge in [0.2, 0.25) is 0 Å². The van der Waals surface area contributed by atoms with Crippen LogP contribution in [0.3, 0.4) is 0 Å². The molecule has 1 saturated heterocycles. The van der Waals surface area contributed by atoms with Gasteiger partial charge in [-0.3, -0.25) is 14.3 Å². The van der Waals surface area contributed by atoms with Crippen molar-refractivity contribution < 1.29 is 19.3 Å². The first kappa shape index (κ1) is 17.8. The molecule has 2 aromatic rings. The highest BCUT2D eigenvalue weighted by atomic mass is 19.1. The molecule has 4 rings (SSSR count). The van der Waals surface area contributed by atoms with Crippen LogP contribution in [-0.4, -0.2) is 52.2 Å². The molecule has 0 radical (unpaired) electrons. The van der Waals surface area contributed by atoms with Gasteiger partial charge >= 0.3 is 5.69 Å². The summed E-state index contributed by atoms with van der Waals surface area (Å²) in [7, 11) is 1.33. The van der Waals surface area contributed by atoms with Gasteiger partial charge in [0.1, 0.15) is 11.2 Å². The zero-order chi connectivity index (χ0) is 19.5. The largest absolute Gasteiger partial charge is 0.492 e. The Labute approximate surface area is 152 Å². The predicted molar refractivity (Wildman–Crippen MR) is 96.9 cm³/mol. The van der Waals surface area contributed by atoms with Crippen LogP contribution < -0.4 is 26.6 Å². The number of fused-ring (bicyclic) bond motifs is 1. The summed E-state index contributed by atoms with van der Waals surface area (Å²) in [5.74, 6) is -0.829. The number of anilines is 2. The Balaban J connectivity index is 2.06. The zero-order valence-electron chi connectivity index (χ0n) is 14.7. The molecule has 2 fully saturated rings. The third-order valence-corrected chi connectivity index (χ3v) is 5.27. The highest BCUT2D eigenvalue weighted by Gasteiger charge is 2.35. The Hall–Kier alpha value is -2.59. The first-order chi connectivity index (χ1) is 12.8. The number of methoxy groups -OCH3 is 1. The summed E-state index contributed by atoms with van der Waals surface area (Å²) in [5.41, 5.74) is 4.33. The molecular formula is C17H21FN4O5. The minimum atomic E-state index is -1.07. The van der Waals surface area contributed by atoms with Crippen molar-refractivity contribution in [2.75, 3.05) is 30.8 Å². The second-order valence-corrected chi connectivity index (χ2v) is 7.06. The number of hydrogen-bond donors (Lipinski definition) is 4. The van der Waals surface area contributed by atoms with E-state index < -0.39 is 29.3 Å². The number of aliphatic hydroxyl groups excluding tert-OH is 2. The maximum Gasteiger partial charge on any atom is 0.329 e. The Morgan fingerprint density at radius 3 is 2.52 bits per heavy atom. The van der Waals surface area contributed by atoms with Gasteiger partial charge in [0.05, 0.1) is 30.4 Å². The standard InChI is InChI=1S/C17H21FN4O5/c1-27-15-13-10(16(25)20-17(26)22(13)7-2-3-7)12(19)11(18)14(15)21-5-4-8(23)9(24)6-21/h7-9,23-24H,2-6,19H2,1H3,(H,20,25,26). The van der Waals surface area contributed by atoms with Gasteiger partial charge in [-0.1, -0.05) is 0 Å². The topological polar surface area (TPSA) is 134 Å². The number of nitrogens with two attached hydrogens (primary N) is 1. The van der Waals surface area contributed by atoms with E-state index in [0.29, 0.717) is 0 Å². The van der Waals surface area contributed by atoms with Crippen LogP contribution in [0.5, 0.6) is 5.75 Å². The highest BCUT2D eigenvalue weighted by Crippen LogP contribution is 2.45. The van der Waals surface area contributed by atoms with Crippen molar-refractivity contribution >= 4 is 22.3 Å². The van der Waals surface area contributed by atoms with E-state index in [2.05, 4.69) is 4.98 Å². The summed E-state index contributed by atoms with van der Waals surface area (Å²) < 4.78 is 22.0. The normalized spacial score (nSPS) is 23.0. The molecule has 1 aromatic carbocycles. The number of rotatable bonds is 3. The van der Waals surface area contributed by atoms with Crippen molar-refractivity contribution in [3.8, 4) is 5.75 Å². The van der Waals surface area contributed by atoms with Crippen molar-refractivity contribution in [1.82, 2.24) is 9.55 Å². The van der Waals surface area contributed by atoms with Gasteiger partial charge < -0.3 is 25.6 Å². The number of piperidine rings is 1. The maximum atomic E-state index is 15.2. The number of aromatic amines is 1. The molecule has 146 valence electrons. The van der Waals surface area contributed by atoms with Gasteiger partial charge in [-0.15, -0.1) is 0 Å². The van der Waals surface area contributed by atoms with Gasteiger partial charge in [0.25, 0.3) is 5.56 Å².